The second kappa shape index (κ2) is 5.87. The second-order valence-electron chi connectivity index (χ2n) is 4.35. The lowest BCUT2D eigenvalue weighted by atomic mass is 10.3. The fraction of sp³-hybridized carbons (Fsp3) is 0.308. The van der Waals surface area contributed by atoms with Gasteiger partial charge >= 0.3 is 0 Å². The van der Waals surface area contributed by atoms with E-state index in [9.17, 15) is 9.59 Å². The Hall–Kier alpha value is -2.15. The Morgan fingerprint density at radius 2 is 2.25 bits per heavy atom. The summed E-state index contributed by atoms with van der Waals surface area (Å²) in [5.74, 6) is -0.297. The van der Waals surface area contributed by atoms with E-state index >= 15 is 0 Å². The van der Waals surface area contributed by atoms with Gasteiger partial charge in [0.25, 0.3) is 5.56 Å². The third-order valence-electron chi connectivity index (χ3n) is 2.79. The highest BCUT2D eigenvalue weighted by atomic mass is 32.1. The molecule has 2 aromatic heterocycles. The summed E-state index contributed by atoms with van der Waals surface area (Å²) in [4.78, 5) is 28.9. The van der Waals surface area contributed by atoms with Gasteiger partial charge in [0.2, 0.25) is 5.91 Å². The van der Waals surface area contributed by atoms with E-state index in [0.717, 1.165) is 17.0 Å². The number of carbonyl (C=O) groups is 1. The van der Waals surface area contributed by atoms with Crippen LogP contribution in [0.1, 0.15) is 17.5 Å². The topological polar surface area (TPSA) is 90.0 Å². The summed E-state index contributed by atoms with van der Waals surface area (Å²) in [7, 11) is 0. The molecule has 0 bridgehead atoms. The Balaban J connectivity index is 2.08. The van der Waals surface area contributed by atoms with Crippen LogP contribution >= 0.6 is 11.3 Å². The van der Waals surface area contributed by atoms with Crippen molar-refractivity contribution in [3.8, 4) is 0 Å². The van der Waals surface area contributed by atoms with Gasteiger partial charge in [0.1, 0.15) is 6.54 Å². The zero-order valence-corrected chi connectivity index (χ0v) is 12.2. The molecule has 2 aromatic rings. The molecule has 0 aliphatic rings. The molecule has 0 saturated carbocycles. The summed E-state index contributed by atoms with van der Waals surface area (Å²) >= 11 is 1.43. The van der Waals surface area contributed by atoms with Gasteiger partial charge in [-0.3, -0.25) is 9.59 Å². The van der Waals surface area contributed by atoms with Gasteiger partial charge in [-0.25, -0.2) is 4.98 Å². The Labute approximate surface area is 120 Å². The number of pyridine rings is 1. The fourth-order valence-corrected chi connectivity index (χ4v) is 2.71. The molecule has 20 heavy (non-hydrogen) atoms. The van der Waals surface area contributed by atoms with Crippen molar-refractivity contribution in [2.24, 2.45) is 0 Å². The Bertz CT molecular complexity index is 690. The van der Waals surface area contributed by atoms with Crippen molar-refractivity contribution in [2.45, 2.75) is 26.8 Å². The van der Waals surface area contributed by atoms with E-state index in [1.807, 2.05) is 13.8 Å². The molecule has 0 aliphatic heterocycles. The predicted octanol–water partition coefficient (Wildman–Crippen LogP) is 1.40. The monoisotopic (exact) mass is 292 g/mol. The third-order valence-corrected chi connectivity index (χ3v) is 3.72. The number of hydrogen-bond donors (Lipinski definition) is 2. The van der Waals surface area contributed by atoms with Crippen LogP contribution in [0.5, 0.6) is 0 Å². The lowest BCUT2D eigenvalue weighted by Crippen LogP contribution is -2.27. The van der Waals surface area contributed by atoms with Gasteiger partial charge in [-0.05, 0) is 19.4 Å². The molecule has 106 valence electrons. The van der Waals surface area contributed by atoms with Crippen LogP contribution in [0.3, 0.4) is 0 Å². The van der Waals surface area contributed by atoms with Crippen molar-refractivity contribution in [3.05, 3.63) is 39.3 Å². The number of thiazole rings is 1. The average Bonchev–Trinajstić information content (AvgIpc) is 2.73. The van der Waals surface area contributed by atoms with Crippen LogP contribution in [-0.2, 0) is 17.8 Å². The molecule has 0 atom stereocenters. The number of rotatable bonds is 4. The SMILES string of the molecule is CCc1nc(NC(=O)Cn2cc(N)ccc2=O)sc1C. The number of amides is 1. The first-order valence-electron chi connectivity index (χ1n) is 6.21. The fourth-order valence-electron chi connectivity index (χ4n) is 1.80. The van der Waals surface area contributed by atoms with E-state index in [1.165, 1.54) is 34.2 Å². The number of nitrogen functional groups attached to an aromatic ring is 1. The summed E-state index contributed by atoms with van der Waals surface area (Å²) in [5, 5.41) is 3.26. The number of hydrogen-bond acceptors (Lipinski definition) is 5. The zero-order valence-electron chi connectivity index (χ0n) is 11.3. The number of aryl methyl sites for hydroxylation is 2. The minimum Gasteiger partial charge on any atom is -0.398 e. The van der Waals surface area contributed by atoms with Gasteiger partial charge in [-0.15, -0.1) is 11.3 Å². The molecule has 0 unspecified atom stereocenters. The Morgan fingerprint density at radius 3 is 2.90 bits per heavy atom. The summed E-state index contributed by atoms with van der Waals surface area (Å²) in [6.07, 6.45) is 2.28. The normalized spacial score (nSPS) is 10.5. The average molecular weight is 292 g/mol. The number of carbonyl (C=O) groups excluding carboxylic acids is 1. The molecule has 2 rings (SSSR count). The molecule has 2 heterocycles. The van der Waals surface area contributed by atoms with Crippen LogP contribution in [0.15, 0.2) is 23.1 Å². The van der Waals surface area contributed by atoms with E-state index in [-0.39, 0.29) is 18.0 Å². The molecule has 0 fully saturated rings. The molecule has 0 aromatic carbocycles. The van der Waals surface area contributed by atoms with Crippen molar-refractivity contribution in [1.82, 2.24) is 9.55 Å². The van der Waals surface area contributed by atoms with Crippen LogP contribution in [0, 0.1) is 6.92 Å². The van der Waals surface area contributed by atoms with E-state index in [4.69, 9.17) is 5.73 Å². The largest absolute Gasteiger partial charge is 0.398 e. The number of nitrogens with zero attached hydrogens (tertiary/aromatic N) is 2. The van der Waals surface area contributed by atoms with E-state index in [1.54, 1.807) is 0 Å². The first kappa shape index (κ1) is 14.3. The minimum atomic E-state index is -0.297. The third kappa shape index (κ3) is 3.24. The molecule has 0 saturated heterocycles. The van der Waals surface area contributed by atoms with Crippen molar-refractivity contribution >= 4 is 28.1 Å². The standard InChI is InChI=1S/C13H16N4O2S/c1-3-10-8(2)20-13(15-10)16-11(18)7-17-6-9(14)4-5-12(17)19/h4-6H,3,7,14H2,1-2H3,(H,15,16,18). The molecular formula is C13H16N4O2S. The Kier molecular flexibility index (Phi) is 4.19. The van der Waals surface area contributed by atoms with Crippen molar-refractivity contribution < 1.29 is 4.79 Å². The van der Waals surface area contributed by atoms with Crippen LogP contribution < -0.4 is 16.6 Å². The molecule has 7 heteroatoms. The molecule has 3 N–H and O–H groups in total. The highest BCUT2D eigenvalue weighted by Gasteiger charge is 2.10. The van der Waals surface area contributed by atoms with E-state index < -0.39 is 0 Å². The van der Waals surface area contributed by atoms with Gasteiger partial charge in [0.05, 0.1) is 5.69 Å². The molecular weight excluding hydrogens is 276 g/mol. The van der Waals surface area contributed by atoms with Gasteiger partial charge in [0, 0.05) is 22.8 Å². The van der Waals surface area contributed by atoms with Crippen LogP contribution in [0.2, 0.25) is 0 Å². The van der Waals surface area contributed by atoms with Gasteiger partial charge < -0.3 is 15.6 Å². The summed E-state index contributed by atoms with van der Waals surface area (Å²) in [6, 6.07) is 2.85. The predicted molar refractivity (Wildman–Crippen MR) is 80.0 cm³/mol. The maximum atomic E-state index is 11.9. The summed E-state index contributed by atoms with van der Waals surface area (Å²) in [6.45, 7) is 3.90. The number of anilines is 2. The van der Waals surface area contributed by atoms with Gasteiger partial charge in [-0.2, -0.15) is 0 Å². The molecule has 1 amide bonds. The highest BCUT2D eigenvalue weighted by molar-refractivity contribution is 7.15. The second-order valence-corrected chi connectivity index (χ2v) is 5.56. The smallest absolute Gasteiger partial charge is 0.251 e. The van der Waals surface area contributed by atoms with Crippen LogP contribution in [0.25, 0.3) is 0 Å². The number of aromatic nitrogens is 2. The molecule has 0 spiro atoms. The van der Waals surface area contributed by atoms with Crippen molar-refractivity contribution in [1.29, 1.82) is 0 Å². The van der Waals surface area contributed by atoms with E-state index in [2.05, 4.69) is 10.3 Å². The maximum absolute atomic E-state index is 11.9. The number of nitrogens with one attached hydrogen (secondary N) is 1. The van der Waals surface area contributed by atoms with Gasteiger partial charge in [-0.1, -0.05) is 6.92 Å². The molecule has 0 radical (unpaired) electrons. The molecule has 0 aliphatic carbocycles. The maximum Gasteiger partial charge on any atom is 0.251 e. The Morgan fingerprint density at radius 1 is 1.50 bits per heavy atom. The highest BCUT2D eigenvalue weighted by Crippen LogP contribution is 2.22. The van der Waals surface area contributed by atoms with E-state index in [0.29, 0.717) is 10.8 Å². The first-order chi connectivity index (χ1) is 9.49. The van der Waals surface area contributed by atoms with Crippen molar-refractivity contribution in [3.63, 3.8) is 0 Å². The van der Waals surface area contributed by atoms with Crippen molar-refractivity contribution in [2.75, 3.05) is 11.1 Å². The summed E-state index contributed by atoms with van der Waals surface area (Å²) < 4.78 is 1.27. The lowest BCUT2D eigenvalue weighted by Gasteiger charge is -2.05. The summed E-state index contributed by atoms with van der Waals surface area (Å²) in [5.41, 5.74) is 6.75. The minimum absolute atomic E-state index is 0.0794. The lowest BCUT2D eigenvalue weighted by molar-refractivity contribution is -0.116. The van der Waals surface area contributed by atoms with Gasteiger partial charge in [0.15, 0.2) is 5.13 Å². The van der Waals surface area contributed by atoms with Crippen LogP contribution in [-0.4, -0.2) is 15.5 Å². The first-order valence-corrected chi connectivity index (χ1v) is 7.03. The zero-order chi connectivity index (χ0) is 14.7. The number of nitrogens with two attached hydrogens (primary N) is 1. The van der Waals surface area contributed by atoms with Crippen LogP contribution in [0.4, 0.5) is 10.8 Å². The molecule has 6 nitrogen and oxygen atoms in total. The quantitative estimate of drug-likeness (QED) is 0.891.